The molecule has 0 fully saturated rings. The zero-order chi connectivity index (χ0) is 16.1. The Balaban J connectivity index is 2.12. The van der Waals surface area contributed by atoms with Crippen LogP contribution in [-0.4, -0.2) is 20.6 Å². The first-order valence-corrected chi connectivity index (χ1v) is 7.94. The molecule has 7 heteroatoms. The van der Waals surface area contributed by atoms with Gasteiger partial charge in [0.15, 0.2) is 5.82 Å². The van der Waals surface area contributed by atoms with Crippen molar-refractivity contribution in [1.82, 2.24) is 14.9 Å². The first-order valence-electron chi connectivity index (χ1n) is 6.95. The minimum atomic E-state index is 0.236. The Kier molecular flexibility index (Phi) is 5.28. The van der Waals surface area contributed by atoms with E-state index in [1.54, 1.807) is 0 Å². The second-order valence-electron chi connectivity index (χ2n) is 5.20. The van der Waals surface area contributed by atoms with Gasteiger partial charge in [0.1, 0.15) is 12.4 Å². The number of thioether (sulfide) groups is 1. The lowest BCUT2D eigenvalue weighted by Crippen LogP contribution is -2.16. The molecule has 2 N–H and O–H groups in total. The Labute approximate surface area is 134 Å². The maximum Gasteiger partial charge on any atom is 0.210 e. The fourth-order valence-corrected chi connectivity index (χ4v) is 2.52. The number of benzene rings is 1. The lowest BCUT2D eigenvalue weighted by molar-refractivity contribution is 0.287. The smallest absolute Gasteiger partial charge is 0.210 e. The molecule has 0 radical (unpaired) electrons. The summed E-state index contributed by atoms with van der Waals surface area (Å²) in [6, 6.07) is 8.20. The molecule has 1 aromatic heterocycles. The zero-order valence-corrected chi connectivity index (χ0v) is 13.7. The number of nitriles is 1. The predicted molar refractivity (Wildman–Crippen MR) is 86.1 cm³/mol. The molecule has 2 rings (SSSR count). The van der Waals surface area contributed by atoms with E-state index in [1.807, 2.05) is 19.1 Å². The monoisotopic (exact) mass is 317 g/mol. The highest BCUT2D eigenvalue weighted by molar-refractivity contribution is 7.99. The summed E-state index contributed by atoms with van der Waals surface area (Å²) in [5, 5.41) is 17.1. The number of hydrogen-bond donors (Lipinski definition) is 1. The van der Waals surface area contributed by atoms with Crippen molar-refractivity contribution < 1.29 is 4.74 Å². The van der Waals surface area contributed by atoms with Crippen LogP contribution in [0.25, 0.3) is 0 Å². The number of hydrogen-bond acceptors (Lipinski definition) is 6. The van der Waals surface area contributed by atoms with E-state index in [0.717, 1.165) is 16.9 Å². The van der Waals surface area contributed by atoms with Crippen molar-refractivity contribution in [3.8, 4) is 11.8 Å². The average Bonchev–Trinajstić information content (AvgIpc) is 2.83. The van der Waals surface area contributed by atoms with E-state index in [2.05, 4.69) is 36.2 Å². The Bertz CT molecular complexity index is 690. The van der Waals surface area contributed by atoms with Crippen molar-refractivity contribution in [3.63, 3.8) is 0 Å². The van der Waals surface area contributed by atoms with Crippen LogP contribution < -0.4 is 10.6 Å². The minimum Gasteiger partial charge on any atom is -0.485 e. The van der Waals surface area contributed by atoms with Crippen LogP contribution in [0, 0.1) is 18.3 Å². The van der Waals surface area contributed by atoms with E-state index in [0.29, 0.717) is 16.9 Å². The number of rotatable bonds is 6. The molecular weight excluding hydrogens is 298 g/mol. The largest absolute Gasteiger partial charge is 0.485 e. The predicted octanol–water partition coefficient (Wildman–Crippen LogP) is 2.62. The molecule has 0 saturated heterocycles. The molecule has 0 aliphatic carbocycles. The second kappa shape index (κ2) is 7.18. The van der Waals surface area contributed by atoms with Crippen LogP contribution in [0.5, 0.6) is 5.75 Å². The fraction of sp³-hybridized carbons (Fsp3) is 0.400. The van der Waals surface area contributed by atoms with Gasteiger partial charge < -0.3 is 10.6 Å². The molecule has 1 heterocycles. The summed E-state index contributed by atoms with van der Waals surface area (Å²) in [5.74, 6) is 7.93. The van der Waals surface area contributed by atoms with Crippen molar-refractivity contribution in [1.29, 1.82) is 5.26 Å². The molecule has 0 saturated carbocycles. The van der Waals surface area contributed by atoms with Crippen LogP contribution in [0.15, 0.2) is 23.4 Å². The molecule has 0 aliphatic rings. The molecule has 22 heavy (non-hydrogen) atoms. The summed E-state index contributed by atoms with van der Waals surface area (Å²) < 4.78 is 7.25. The summed E-state index contributed by atoms with van der Waals surface area (Å²) in [4.78, 5) is 0. The van der Waals surface area contributed by atoms with Gasteiger partial charge in [-0.25, -0.2) is 4.68 Å². The van der Waals surface area contributed by atoms with Crippen molar-refractivity contribution in [2.45, 2.75) is 38.5 Å². The van der Waals surface area contributed by atoms with Crippen molar-refractivity contribution in [2.24, 2.45) is 0 Å². The van der Waals surface area contributed by atoms with Gasteiger partial charge in [-0.1, -0.05) is 37.7 Å². The zero-order valence-electron chi connectivity index (χ0n) is 12.9. The van der Waals surface area contributed by atoms with Crippen LogP contribution in [-0.2, 0) is 6.61 Å². The number of nitrogen functional groups attached to an aromatic ring is 1. The molecule has 6 nitrogen and oxygen atoms in total. The Morgan fingerprint density at radius 2 is 2.18 bits per heavy atom. The highest BCUT2D eigenvalue weighted by atomic mass is 32.2. The molecule has 1 aromatic carbocycles. The summed E-state index contributed by atoms with van der Waals surface area (Å²) in [5.41, 5.74) is 2.28. The van der Waals surface area contributed by atoms with Gasteiger partial charge in [-0.2, -0.15) is 5.26 Å². The van der Waals surface area contributed by atoms with E-state index in [1.165, 1.54) is 16.4 Å². The van der Waals surface area contributed by atoms with Crippen LogP contribution in [0.4, 0.5) is 0 Å². The molecule has 0 aliphatic heterocycles. The Morgan fingerprint density at radius 1 is 1.41 bits per heavy atom. The van der Waals surface area contributed by atoms with E-state index in [-0.39, 0.29) is 12.4 Å². The molecule has 0 unspecified atom stereocenters. The molecule has 0 bridgehead atoms. The standard InChI is InChI=1S/C15H19N5OS/c1-10(2)12-5-4-11(3)8-13(12)21-9-14-18-19-15(20(14)17)22-7-6-16/h4-5,8,10H,7,9,17H2,1-3H3. The lowest BCUT2D eigenvalue weighted by atomic mass is 10.0. The SMILES string of the molecule is Cc1ccc(C(C)C)c(OCc2nnc(SCC#N)n2N)c1. The fourth-order valence-electron chi connectivity index (χ4n) is 1.99. The topological polar surface area (TPSA) is 89.8 Å². The number of ether oxygens (including phenoxy) is 1. The van der Waals surface area contributed by atoms with E-state index in [4.69, 9.17) is 15.8 Å². The molecular formula is C15H19N5OS. The molecule has 0 atom stereocenters. The third-order valence-electron chi connectivity index (χ3n) is 3.15. The van der Waals surface area contributed by atoms with Gasteiger partial charge in [0.05, 0.1) is 11.8 Å². The van der Waals surface area contributed by atoms with Crippen molar-refractivity contribution in [2.75, 3.05) is 11.6 Å². The van der Waals surface area contributed by atoms with Gasteiger partial charge in [-0.15, -0.1) is 10.2 Å². The Morgan fingerprint density at radius 3 is 2.86 bits per heavy atom. The maximum atomic E-state index is 8.59. The van der Waals surface area contributed by atoms with Gasteiger partial charge in [-0.3, -0.25) is 0 Å². The maximum absolute atomic E-state index is 8.59. The molecule has 116 valence electrons. The van der Waals surface area contributed by atoms with E-state index in [9.17, 15) is 0 Å². The third-order valence-corrected chi connectivity index (χ3v) is 3.96. The third kappa shape index (κ3) is 3.71. The summed E-state index contributed by atoms with van der Waals surface area (Å²) in [6.07, 6.45) is 0. The van der Waals surface area contributed by atoms with Gasteiger partial charge in [0.25, 0.3) is 0 Å². The quantitative estimate of drug-likeness (QED) is 0.650. The molecule has 0 spiro atoms. The normalized spacial score (nSPS) is 10.7. The van der Waals surface area contributed by atoms with E-state index >= 15 is 0 Å². The number of aryl methyl sites for hydroxylation is 1. The highest BCUT2D eigenvalue weighted by Crippen LogP contribution is 2.28. The first-order chi connectivity index (χ1) is 10.5. The number of aromatic nitrogens is 3. The summed E-state index contributed by atoms with van der Waals surface area (Å²) >= 11 is 1.25. The second-order valence-corrected chi connectivity index (χ2v) is 6.14. The number of nitrogens with two attached hydrogens (primary N) is 1. The van der Waals surface area contributed by atoms with Gasteiger partial charge in [-0.05, 0) is 30.0 Å². The van der Waals surface area contributed by atoms with Gasteiger partial charge in [0, 0.05) is 0 Å². The lowest BCUT2D eigenvalue weighted by Gasteiger charge is -2.14. The van der Waals surface area contributed by atoms with Gasteiger partial charge in [0.2, 0.25) is 5.16 Å². The van der Waals surface area contributed by atoms with Crippen molar-refractivity contribution in [3.05, 3.63) is 35.2 Å². The van der Waals surface area contributed by atoms with Gasteiger partial charge >= 0.3 is 0 Å². The summed E-state index contributed by atoms with van der Waals surface area (Å²) in [6.45, 7) is 6.51. The van der Waals surface area contributed by atoms with Crippen LogP contribution in [0.2, 0.25) is 0 Å². The van der Waals surface area contributed by atoms with Crippen molar-refractivity contribution >= 4 is 11.8 Å². The average molecular weight is 317 g/mol. The highest BCUT2D eigenvalue weighted by Gasteiger charge is 2.13. The molecule has 2 aromatic rings. The Hall–Kier alpha value is -2.20. The van der Waals surface area contributed by atoms with Crippen LogP contribution >= 0.6 is 11.8 Å². The van der Waals surface area contributed by atoms with E-state index < -0.39 is 0 Å². The summed E-state index contributed by atoms with van der Waals surface area (Å²) in [7, 11) is 0. The van der Waals surface area contributed by atoms with Crippen LogP contribution in [0.3, 0.4) is 0 Å². The molecule has 0 amide bonds. The van der Waals surface area contributed by atoms with Crippen LogP contribution in [0.1, 0.15) is 36.7 Å². The first kappa shape index (κ1) is 16.2. The minimum absolute atomic E-state index is 0.236. The number of nitrogens with zero attached hydrogens (tertiary/aromatic N) is 4.